The van der Waals surface area contributed by atoms with Gasteiger partial charge in [0.15, 0.2) is 0 Å². The van der Waals surface area contributed by atoms with Gasteiger partial charge in [0, 0.05) is 12.1 Å². The highest BCUT2D eigenvalue weighted by Gasteiger charge is 2.18. The maximum Gasteiger partial charge on any atom is 0.231 e. The van der Waals surface area contributed by atoms with E-state index in [9.17, 15) is 15.0 Å². The summed E-state index contributed by atoms with van der Waals surface area (Å²) in [6.45, 7) is -0.0124. The van der Waals surface area contributed by atoms with Gasteiger partial charge in [-0.15, -0.1) is 0 Å². The molecular formula is C16H18N2O3. The van der Waals surface area contributed by atoms with E-state index in [0.29, 0.717) is 16.9 Å². The molecule has 0 heterocycles. The van der Waals surface area contributed by atoms with Crippen LogP contribution in [0.3, 0.4) is 0 Å². The van der Waals surface area contributed by atoms with E-state index in [-0.39, 0.29) is 31.2 Å². The van der Waals surface area contributed by atoms with Crippen LogP contribution in [0.15, 0.2) is 48.5 Å². The number of amides is 1. The number of para-hydroxylation sites is 3. The summed E-state index contributed by atoms with van der Waals surface area (Å²) in [5.74, 6) is -0.153. The lowest BCUT2D eigenvalue weighted by atomic mass is 10.1. The van der Waals surface area contributed by atoms with Gasteiger partial charge in [-0.25, -0.2) is 0 Å². The summed E-state index contributed by atoms with van der Waals surface area (Å²) in [5, 5.41) is 18.9. The first-order valence-corrected chi connectivity index (χ1v) is 6.66. The molecule has 0 bridgehead atoms. The molecule has 5 nitrogen and oxygen atoms in total. The molecule has 0 unspecified atom stereocenters. The first-order valence-electron chi connectivity index (χ1n) is 6.66. The number of hydrogen-bond donors (Lipinski definition) is 3. The lowest BCUT2D eigenvalue weighted by molar-refractivity contribution is -0.118. The summed E-state index contributed by atoms with van der Waals surface area (Å²) in [4.78, 5) is 13.9. The number of phenols is 1. The summed E-state index contributed by atoms with van der Waals surface area (Å²) < 4.78 is 0. The van der Waals surface area contributed by atoms with Gasteiger partial charge in [0.2, 0.25) is 5.91 Å². The maximum absolute atomic E-state index is 12.5. The fourth-order valence-corrected chi connectivity index (χ4v) is 2.13. The predicted octanol–water partition coefficient (Wildman–Crippen LogP) is 1.54. The number of aliphatic hydroxyl groups is 1. The second-order valence-corrected chi connectivity index (χ2v) is 4.63. The van der Waals surface area contributed by atoms with Crippen LogP contribution in [0.5, 0.6) is 5.75 Å². The molecule has 1 amide bonds. The van der Waals surface area contributed by atoms with E-state index in [2.05, 4.69) is 0 Å². The molecule has 0 saturated carbocycles. The molecule has 5 heteroatoms. The van der Waals surface area contributed by atoms with E-state index in [4.69, 9.17) is 5.73 Å². The first-order chi connectivity index (χ1) is 10.1. The Morgan fingerprint density at radius 1 is 1.10 bits per heavy atom. The molecule has 21 heavy (non-hydrogen) atoms. The molecule has 110 valence electrons. The average Bonchev–Trinajstić information content (AvgIpc) is 2.48. The number of aliphatic hydroxyl groups excluding tert-OH is 1. The van der Waals surface area contributed by atoms with Gasteiger partial charge < -0.3 is 20.8 Å². The van der Waals surface area contributed by atoms with Crippen molar-refractivity contribution >= 4 is 17.3 Å². The van der Waals surface area contributed by atoms with Crippen molar-refractivity contribution in [2.24, 2.45) is 0 Å². The van der Waals surface area contributed by atoms with Crippen LogP contribution in [0, 0.1) is 0 Å². The molecule has 4 N–H and O–H groups in total. The van der Waals surface area contributed by atoms with E-state index in [1.807, 2.05) is 0 Å². The Hall–Kier alpha value is -2.53. The molecule has 0 fully saturated rings. The van der Waals surface area contributed by atoms with Crippen LogP contribution in [-0.2, 0) is 11.2 Å². The fraction of sp³-hybridized carbons (Fsp3) is 0.188. The molecule has 0 aliphatic carbocycles. The predicted molar refractivity (Wildman–Crippen MR) is 82.1 cm³/mol. The lowest BCUT2D eigenvalue weighted by Crippen LogP contribution is -2.35. The Morgan fingerprint density at radius 3 is 2.43 bits per heavy atom. The Bertz CT molecular complexity index is 628. The van der Waals surface area contributed by atoms with E-state index in [0.717, 1.165) is 0 Å². The van der Waals surface area contributed by atoms with Crippen LogP contribution < -0.4 is 10.6 Å². The second-order valence-electron chi connectivity index (χ2n) is 4.63. The summed E-state index contributed by atoms with van der Waals surface area (Å²) in [7, 11) is 0. The third-order valence-corrected chi connectivity index (χ3v) is 3.19. The van der Waals surface area contributed by atoms with Gasteiger partial charge in [-0.3, -0.25) is 4.79 Å². The molecule has 2 rings (SSSR count). The van der Waals surface area contributed by atoms with Crippen molar-refractivity contribution in [1.29, 1.82) is 0 Å². The number of phenolic OH excluding ortho intramolecular Hbond substituents is 1. The number of aromatic hydroxyl groups is 1. The smallest absolute Gasteiger partial charge is 0.231 e. The SMILES string of the molecule is Nc1ccccc1N(CCO)C(=O)Cc1ccccc1O. The minimum Gasteiger partial charge on any atom is -0.508 e. The van der Waals surface area contributed by atoms with Crippen LogP contribution in [0.4, 0.5) is 11.4 Å². The highest BCUT2D eigenvalue weighted by molar-refractivity contribution is 5.97. The van der Waals surface area contributed by atoms with Crippen molar-refractivity contribution in [2.75, 3.05) is 23.8 Å². The number of rotatable bonds is 5. The number of benzene rings is 2. The Labute approximate surface area is 123 Å². The van der Waals surface area contributed by atoms with Crippen LogP contribution in [0.1, 0.15) is 5.56 Å². The van der Waals surface area contributed by atoms with Crippen LogP contribution >= 0.6 is 0 Å². The standard InChI is InChI=1S/C16H18N2O3/c17-13-6-2-3-7-14(13)18(9-10-19)16(21)11-12-5-1-4-8-15(12)20/h1-8,19-20H,9-11,17H2. The molecule has 0 spiro atoms. The van der Waals surface area contributed by atoms with Crippen molar-refractivity contribution in [1.82, 2.24) is 0 Å². The fourth-order valence-electron chi connectivity index (χ4n) is 2.13. The molecule has 0 radical (unpaired) electrons. The van der Waals surface area contributed by atoms with E-state index < -0.39 is 0 Å². The molecule has 0 aromatic heterocycles. The van der Waals surface area contributed by atoms with Crippen molar-refractivity contribution in [3.05, 3.63) is 54.1 Å². The topological polar surface area (TPSA) is 86.8 Å². The molecule has 0 aliphatic rings. The summed E-state index contributed by atoms with van der Waals surface area (Å²) in [5.41, 5.74) is 7.46. The molecular weight excluding hydrogens is 268 g/mol. The Kier molecular flexibility index (Phi) is 4.79. The lowest BCUT2D eigenvalue weighted by Gasteiger charge is -2.23. The Balaban J connectivity index is 2.25. The zero-order valence-corrected chi connectivity index (χ0v) is 11.6. The summed E-state index contributed by atoms with van der Waals surface area (Å²) in [6.07, 6.45) is 0.0427. The molecule has 0 atom stereocenters. The third-order valence-electron chi connectivity index (χ3n) is 3.19. The minimum atomic E-state index is -0.233. The summed E-state index contributed by atoms with van der Waals surface area (Å²) >= 11 is 0. The second kappa shape index (κ2) is 6.76. The van der Waals surface area contributed by atoms with Crippen molar-refractivity contribution in [3.63, 3.8) is 0 Å². The molecule has 2 aromatic rings. The van der Waals surface area contributed by atoms with Crippen molar-refractivity contribution in [2.45, 2.75) is 6.42 Å². The van der Waals surface area contributed by atoms with Crippen LogP contribution in [-0.4, -0.2) is 29.3 Å². The average molecular weight is 286 g/mol. The van der Waals surface area contributed by atoms with Gasteiger partial charge in [-0.1, -0.05) is 30.3 Å². The highest BCUT2D eigenvalue weighted by atomic mass is 16.3. The van der Waals surface area contributed by atoms with E-state index in [1.54, 1.807) is 42.5 Å². The number of hydrogen-bond acceptors (Lipinski definition) is 4. The molecule has 2 aromatic carbocycles. The number of carbonyl (C=O) groups excluding carboxylic acids is 1. The zero-order valence-electron chi connectivity index (χ0n) is 11.6. The number of anilines is 2. The number of nitrogen functional groups attached to an aromatic ring is 1. The molecule has 0 saturated heterocycles. The maximum atomic E-state index is 12.5. The van der Waals surface area contributed by atoms with Gasteiger partial charge in [0.25, 0.3) is 0 Å². The number of carbonyl (C=O) groups is 1. The van der Waals surface area contributed by atoms with Gasteiger partial charge in [-0.2, -0.15) is 0 Å². The van der Waals surface area contributed by atoms with Gasteiger partial charge in [0.1, 0.15) is 5.75 Å². The van der Waals surface area contributed by atoms with E-state index in [1.165, 1.54) is 11.0 Å². The van der Waals surface area contributed by atoms with Crippen LogP contribution in [0.25, 0.3) is 0 Å². The van der Waals surface area contributed by atoms with Crippen molar-refractivity contribution in [3.8, 4) is 5.75 Å². The quantitative estimate of drug-likeness (QED) is 0.728. The van der Waals surface area contributed by atoms with Gasteiger partial charge in [0.05, 0.1) is 24.4 Å². The van der Waals surface area contributed by atoms with Gasteiger partial charge >= 0.3 is 0 Å². The van der Waals surface area contributed by atoms with Gasteiger partial charge in [-0.05, 0) is 18.2 Å². The van der Waals surface area contributed by atoms with Crippen molar-refractivity contribution < 1.29 is 15.0 Å². The zero-order chi connectivity index (χ0) is 15.2. The van der Waals surface area contributed by atoms with Crippen LogP contribution in [0.2, 0.25) is 0 Å². The summed E-state index contributed by atoms with van der Waals surface area (Å²) in [6, 6.07) is 13.7. The number of nitrogens with zero attached hydrogens (tertiary/aromatic N) is 1. The third kappa shape index (κ3) is 3.52. The first kappa shape index (κ1) is 14.9. The minimum absolute atomic E-state index is 0.0427. The monoisotopic (exact) mass is 286 g/mol. The van der Waals surface area contributed by atoms with E-state index >= 15 is 0 Å². The normalized spacial score (nSPS) is 10.3. The Morgan fingerprint density at radius 2 is 1.76 bits per heavy atom. The number of nitrogens with two attached hydrogens (primary N) is 1. The largest absolute Gasteiger partial charge is 0.508 e. The molecule has 0 aliphatic heterocycles. The highest BCUT2D eigenvalue weighted by Crippen LogP contribution is 2.24.